The van der Waals surface area contributed by atoms with Crippen LogP contribution in [0.4, 0.5) is 5.82 Å². The molecular formula is C23H25ClN4. The number of likely N-dealkylation sites (tertiary alicyclic amines) is 1. The molecule has 0 saturated carbocycles. The number of anilines is 1. The van der Waals surface area contributed by atoms with Crippen LogP contribution in [-0.2, 0) is 0 Å². The third-order valence-corrected chi connectivity index (χ3v) is 5.44. The molecule has 5 heteroatoms. The van der Waals surface area contributed by atoms with Gasteiger partial charge in [-0.3, -0.25) is 4.98 Å². The van der Waals surface area contributed by atoms with Crippen molar-refractivity contribution in [3.05, 3.63) is 65.9 Å². The van der Waals surface area contributed by atoms with Crippen molar-refractivity contribution in [2.45, 2.75) is 19.3 Å². The van der Waals surface area contributed by atoms with Gasteiger partial charge in [0.15, 0.2) is 0 Å². The monoisotopic (exact) mass is 392 g/mol. The molecule has 0 spiro atoms. The van der Waals surface area contributed by atoms with E-state index in [1.54, 1.807) is 0 Å². The highest BCUT2D eigenvalue weighted by molar-refractivity contribution is 6.30. The first kappa shape index (κ1) is 18.9. The fourth-order valence-corrected chi connectivity index (χ4v) is 3.68. The lowest BCUT2D eigenvalue weighted by Crippen LogP contribution is -2.33. The van der Waals surface area contributed by atoms with Gasteiger partial charge in [0.25, 0.3) is 0 Å². The van der Waals surface area contributed by atoms with Gasteiger partial charge in [-0.2, -0.15) is 0 Å². The Morgan fingerprint density at radius 3 is 2.18 bits per heavy atom. The molecule has 1 saturated heterocycles. The van der Waals surface area contributed by atoms with Crippen LogP contribution < -0.4 is 5.32 Å². The van der Waals surface area contributed by atoms with Crippen LogP contribution in [-0.4, -0.2) is 41.0 Å². The number of benzene rings is 1. The maximum atomic E-state index is 5.96. The van der Waals surface area contributed by atoms with E-state index in [1.807, 2.05) is 48.8 Å². The van der Waals surface area contributed by atoms with Gasteiger partial charge in [0, 0.05) is 41.6 Å². The van der Waals surface area contributed by atoms with E-state index in [2.05, 4.69) is 32.3 Å². The lowest BCUT2D eigenvalue weighted by molar-refractivity contribution is 0.237. The van der Waals surface area contributed by atoms with Crippen LogP contribution in [0.2, 0.25) is 5.02 Å². The standard InChI is InChI=1S/C23H25ClN4/c24-21-8-4-18(5-9-21)19-6-10-22(26-16-19)20-7-11-23(27-17-20)25-12-15-28-13-2-1-3-14-28/h4-11,16-17H,1-3,12-15H2,(H,25,27). The Labute approximate surface area is 171 Å². The van der Waals surface area contributed by atoms with Crippen molar-refractivity contribution in [3.8, 4) is 22.4 Å². The molecule has 4 rings (SSSR count). The maximum Gasteiger partial charge on any atom is 0.125 e. The number of pyridine rings is 2. The van der Waals surface area contributed by atoms with E-state index in [-0.39, 0.29) is 0 Å². The Morgan fingerprint density at radius 2 is 1.50 bits per heavy atom. The summed E-state index contributed by atoms with van der Waals surface area (Å²) >= 11 is 5.96. The summed E-state index contributed by atoms with van der Waals surface area (Å²) in [6, 6.07) is 16.0. The van der Waals surface area contributed by atoms with Gasteiger partial charge in [0.05, 0.1) is 5.69 Å². The maximum absolute atomic E-state index is 5.96. The molecule has 1 aliphatic rings. The molecule has 28 heavy (non-hydrogen) atoms. The number of hydrogen-bond acceptors (Lipinski definition) is 4. The molecule has 144 valence electrons. The summed E-state index contributed by atoms with van der Waals surface area (Å²) in [6.07, 6.45) is 7.81. The highest BCUT2D eigenvalue weighted by Crippen LogP contribution is 2.24. The minimum atomic E-state index is 0.740. The fourth-order valence-electron chi connectivity index (χ4n) is 3.55. The fraction of sp³-hybridized carbons (Fsp3) is 0.304. The van der Waals surface area contributed by atoms with Crippen LogP contribution in [0.1, 0.15) is 19.3 Å². The first-order valence-corrected chi connectivity index (χ1v) is 10.3. The zero-order valence-electron chi connectivity index (χ0n) is 15.9. The van der Waals surface area contributed by atoms with Gasteiger partial charge in [-0.1, -0.05) is 36.2 Å². The van der Waals surface area contributed by atoms with Crippen molar-refractivity contribution >= 4 is 17.4 Å². The molecule has 1 fully saturated rings. The Hall–Kier alpha value is -2.43. The third-order valence-electron chi connectivity index (χ3n) is 5.18. The minimum Gasteiger partial charge on any atom is -0.369 e. The number of halogens is 1. The molecular weight excluding hydrogens is 368 g/mol. The molecule has 3 heterocycles. The topological polar surface area (TPSA) is 41.0 Å². The van der Waals surface area contributed by atoms with Gasteiger partial charge in [-0.25, -0.2) is 4.98 Å². The Balaban J connectivity index is 1.34. The second kappa shape index (κ2) is 9.18. The first-order chi connectivity index (χ1) is 13.8. The van der Waals surface area contributed by atoms with E-state index in [1.165, 1.54) is 32.4 Å². The Kier molecular flexibility index (Phi) is 6.20. The van der Waals surface area contributed by atoms with Crippen LogP contribution in [0.25, 0.3) is 22.4 Å². The average molecular weight is 393 g/mol. The Morgan fingerprint density at radius 1 is 0.786 bits per heavy atom. The molecule has 0 radical (unpaired) electrons. The predicted molar refractivity (Wildman–Crippen MR) is 117 cm³/mol. The highest BCUT2D eigenvalue weighted by atomic mass is 35.5. The number of nitrogens with one attached hydrogen (secondary N) is 1. The zero-order chi connectivity index (χ0) is 19.2. The van der Waals surface area contributed by atoms with E-state index in [0.29, 0.717) is 0 Å². The van der Waals surface area contributed by atoms with E-state index in [9.17, 15) is 0 Å². The van der Waals surface area contributed by atoms with E-state index in [0.717, 1.165) is 46.3 Å². The summed E-state index contributed by atoms with van der Waals surface area (Å²) in [6.45, 7) is 4.47. The number of rotatable bonds is 6. The van der Waals surface area contributed by atoms with Crippen molar-refractivity contribution in [2.24, 2.45) is 0 Å². The second-order valence-electron chi connectivity index (χ2n) is 7.20. The van der Waals surface area contributed by atoms with Gasteiger partial charge in [-0.15, -0.1) is 0 Å². The quantitative estimate of drug-likeness (QED) is 0.612. The molecule has 0 aliphatic carbocycles. The average Bonchev–Trinajstić information content (AvgIpc) is 2.76. The van der Waals surface area contributed by atoms with Crippen molar-refractivity contribution in [1.82, 2.24) is 14.9 Å². The first-order valence-electron chi connectivity index (χ1n) is 9.92. The smallest absolute Gasteiger partial charge is 0.125 e. The largest absolute Gasteiger partial charge is 0.369 e. The van der Waals surface area contributed by atoms with Crippen molar-refractivity contribution in [2.75, 3.05) is 31.5 Å². The Bertz CT molecular complexity index is 870. The van der Waals surface area contributed by atoms with Crippen LogP contribution in [0, 0.1) is 0 Å². The molecule has 0 atom stereocenters. The number of nitrogens with zero attached hydrogens (tertiary/aromatic N) is 3. The minimum absolute atomic E-state index is 0.740. The molecule has 1 aromatic carbocycles. The van der Waals surface area contributed by atoms with E-state index >= 15 is 0 Å². The molecule has 3 aromatic rings. The SMILES string of the molecule is Clc1ccc(-c2ccc(-c3ccc(NCCN4CCCCC4)nc3)nc2)cc1. The predicted octanol–water partition coefficient (Wildman–Crippen LogP) is 5.36. The van der Waals surface area contributed by atoms with E-state index < -0.39 is 0 Å². The number of hydrogen-bond donors (Lipinski definition) is 1. The molecule has 0 bridgehead atoms. The second-order valence-corrected chi connectivity index (χ2v) is 7.64. The third kappa shape index (κ3) is 4.89. The lowest BCUT2D eigenvalue weighted by Gasteiger charge is -2.26. The van der Waals surface area contributed by atoms with Crippen molar-refractivity contribution < 1.29 is 0 Å². The summed E-state index contributed by atoms with van der Waals surface area (Å²) < 4.78 is 0. The number of piperidine rings is 1. The van der Waals surface area contributed by atoms with Crippen LogP contribution >= 0.6 is 11.6 Å². The van der Waals surface area contributed by atoms with Gasteiger partial charge in [0.2, 0.25) is 0 Å². The van der Waals surface area contributed by atoms with E-state index in [4.69, 9.17) is 11.6 Å². The van der Waals surface area contributed by atoms with Crippen molar-refractivity contribution in [3.63, 3.8) is 0 Å². The van der Waals surface area contributed by atoms with Crippen LogP contribution in [0.5, 0.6) is 0 Å². The van der Waals surface area contributed by atoms with Crippen molar-refractivity contribution in [1.29, 1.82) is 0 Å². The molecule has 1 aliphatic heterocycles. The van der Waals surface area contributed by atoms with Crippen LogP contribution in [0.15, 0.2) is 60.9 Å². The molecule has 1 N–H and O–H groups in total. The summed E-state index contributed by atoms with van der Waals surface area (Å²) in [7, 11) is 0. The molecule has 0 unspecified atom stereocenters. The summed E-state index contributed by atoms with van der Waals surface area (Å²) in [4.78, 5) is 11.7. The van der Waals surface area contributed by atoms with Gasteiger partial charge < -0.3 is 10.2 Å². The molecule has 2 aromatic heterocycles. The summed E-state index contributed by atoms with van der Waals surface area (Å²) in [5.41, 5.74) is 4.12. The molecule has 0 amide bonds. The van der Waals surface area contributed by atoms with Gasteiger partial charge >= 0.3 is 0 Å². The summed E-state index contributed by atoms with van der Waals surface area (Å²) in [5.74, 6) is 0.915. The highest BCUT2D eigenvalue weighted by Gasteiger charge is 2.09. The van der Waals surface area contributed by atoms with Gasteiger partial charge in [0.1, 0.15) is 5.82 Å². The zero-order valence-corrected chi connectivity index (χ0v) is 16.7. The number of aromatic nitrogens is 2. The summed E-state index contributed by atoms with van der Waals surface area (Å²) in [5, 5.41) is 4.16. The lowest BCUT2D eigenvalue weighted by atomic mass is 10.1. The van der Waals surface area contributed by atoms with Crippen LogP contribution in [0.3, 0.4) is 0 Å². The molecule has 4 nitrogen and oxygen atoms in total. The van der Waals surface area contributed by atoms with Gasteiger partial charge in [-0.05, 0) is 61.8 Å². The normalized spacial score (nSPS) is 14.8.